The number of ether oxygens (including phenoxy) is 4. The zero-order valence-electron chi connectivity index (χ0n) is 17.7. The van der Waals surface area contributed by atoms with Gasteiger partial charge in [0, 0.05) is 19.5 Å². The molecule has 2 aromatic carbocycles. The molecule has 0 bridgehead atoms. The Bertz CT molecular complexity index is 995. The zero-order chi connectivity index (χ0) is 21.6. The molecular weight excluding hydrogens is 396 g/mol. The van der Waals surface area contributed by atoms with Crippen molar-refractivity contribution >= 4 is 11.7 Å². The van der Waals surface area contributed by atoms with E-state index in [2.05, 4.69) is 4.90 Å². The van der Waals surface area contributed by atoms with Gasteiger partial charge in [0.15, 0.2) is 0 Å². The number of anilines is 1. The van der Waals surface area contributed by atoms with E-state index in [4.69, 9.17) is 18.9 Å². The van der Waals surface area contributed by atoms with Gasteiger partial charge in [-0.3, -0.25) is 0 Å². The Morgan fingerprint density at radius 2 is 1.65 bits per heavy atom. The van der Waals surface area contributed by atoms with Crippen LogP contribution in [0.25, 0.3) is 5.69 Å². The van der Waals surface area contributed by atoms with Gasteiger partial charge in [0.1, 0.15) is 24.2 Å². The van der Waals surface area contributed by atoms with E-state index < -0.39 is 0 Å². The maximum atomic E-state index is 12.3. The Kier molecular flexibility index (Phi) is 6.43. The Morgan fingerprint density at radius 1 is 0.935 bits per heavy atom. The molecule has 0 atom stereocenters. The van der Waals surface area contributed by atoms with Gasteiger partial charge in [-0.05, 0) is 48.5 Å². The molecule has 2 heterocycles. The zero-order valence-corrected chi connectivity index (χ0v) is 17.7. The molecule has 3 aromatic rings. The first-order valence-corrected chi connectivity index (χ1v) is 10.2. The van der Waals surface area contributed by atoms with Gasteiger partial charge in [0.05, 0.1) is 43.7 Å². The molecule has 0 unspecified atom stereocenters. The molecule has 0 saturated carbocycles. The maximum Gasteiger partial charge on any atom is 0.340 e. The molecule has 1 saturated heterocycles. The normalized spacial score (nSPS) is 13.5. The summed E-state index contributed by atoms with van der Waals surface area (Å²) in [4.78, 5) is 14.5. The topological polar surface area (TPSA) is 62.2 Å². The fourth-order valence-corrected chi connectivity index (χ4v) is 3.58. The Morgan fingerprint density at radius 3 is 2.32 bits per heavy atom. The lowest BCUT2D eigenvalue weighted by Gasteiger charge is -2.41. The van der Waals surface area contributed by atoms with Crippen LogP contribution in [0.2, 0.25) is 0 Å². The molecule has 0 radical (unpaired) electrons. The molecule has 0 aliphatic carbocycles. The first-order chi connectivity index (χ1) is 15.2. The summed E-state index contributed by atoms with van der Waals surface area (Å²) in [6, 6.07) is 17.2. The number of hydrogen-bond donors (Lipinski definition) is 0. The quantitative estimate of drug-likeness (QED) is 0.388. The summed E-state index contributed by atoms with van der Waals surface area (Å²) in [6.07, 6.45) is 3.92. The van der Waals surface area contributed by atoms with E-state index in [0.29, 0.717) is 18.8 Å². The third-order valence-corrected chi connectivity index (χ3v) is 5.15. The minimum atomic E-state index is -0.355. The fraction of sp³-hybridized carbons (Fsp3) is 0.292. The summed E-state index contributed by atoms with van der Waals surface area (Å²) in [5, 5.41) is 0. The van der Waals surface area contributed by atoms with Crippen molar-refractivity contribution in [3.8, 4) is 17.2 Å². The fourth-order valence-electron chi connectivity index (χ4n) is 3.58. The number of rotatable bonds is 9. The molecule has 162 valence electrons. The number of methoxy groups -OCH3 is 2. The molecule has 1 fully saturated rings. The molecule has 1 aliphatic rings. The van der Waals surface area contributed by atoms with Crippen LogP contribution in [0.3, 0.4) is 0 Å². The third-order valence-electron chi connectivity index (χ3n) is 5.15. The van der Waals surface area contributed by atoms with Crippen LogP contribution in [-0.2, 0) is 9.47 Å². The number of para-hydroxylation sites is 1. The van der Waals surface area contributed by atoms with Crippen molar-refractivity contribution in [1.82, 2.24) is 4.57 Å². The number of esters is 1. The van der Waals surface area contributed by atoms with Crippen molar-refractivity contribution < 1.29 is 23.7 Å². The van der Waals surface area contributed by atoms with Crippen LogP contribution in [0.15, 0.2) is 67.0 Å². The van der Waals surface area contributed by atoms with Crippen molar-refractivity contribution in [2.75, 3.05) is 45.4 Å². The predicted octanol–water partition coefficient (Wildman–Crippen LogP) is 3.56. The van der Waals surface area contributed by atoms with Crippen molar-refractivity contribution in [1.29, 1.82) is 0 Å². The number of carbonyl (C=O) groups excluding carboxylic acids is 1. The van der Waals surface area contributed by atoms with Crippen LogP contribution in [0.4, 0.5) is 5.69 Å². The number of hydrogen-bond acceptors (Lipinski definition) is 6. The van der Waals surface area contributed by atoms with Gasteiger partial charge < -0.3 is 28.4 Å². The maximum absolute atomic E-state index is 12.3. The molecule has 1 aliphatic heterocycles. The summed E-state index contributed by atoms with van der Waals surface area (Å²) >= 11 is 0. The highest BCUT2D eigenvalue weighted by atomic mass is 16.5. The average Bonchev–Trinajstić information content (AvgIpc) is 3.30. The average molecular weight is 422 g/mol. The first kappa shape index (κ1) is 20.8. The van der Waals surface area contributed by atoms with Crippen LogP contribution >= 0.6 is 0 Å². The number of aromatic nitrogens is 1. The van der Waals surface area contributed by atoms with E-state index in [1.54, 1.807) is 13.2 Å². The molecule has 7 heteroatoms. The minimum absolute atomic E-state index is 0.0690. The smallest absolute Gasteiger partial charge is 0.340 e. The number of benzene rings is 2. The van der Waals surface area contributed by atoms with Gasteiger partial charge in [-0.1, -0.05) is 6.07 Å². The van der Waals surface area contributed by atoms with Crippen LogP contribution in [0.1, 0.15) is 10.4 Å². The van der Waals surface area contributed by atoms with Gasteiger partial charge in [0.2, 0.25) is 0 Å². The Balaban J connectivity index is 1.43. The summed E-state index contributed by atoms with van der Waals surface area (Å²) in [6.45, 7) is 2.52. The van der Waals surface area contributed by atoms with E-state index in [0.717, 1.165) is 36.0 Å². The summed E-state index contributed by atoms with van der Waals surface area (Å²) in [5.41, 5.74) is 2.32. The Hall–Kier alpha value is -3.45. The van der Waals surface area contributed by atoms with Crippen molar-refractivity contribution in [2.45, 2.75) is 6.10 Å². The van der Waals surface area contributed by atoms with E-state index in [1.807, 2.05) is 65.5 Å². The highest BCUT2D eigenvalue weighted by Gasteiger charge is 2.32. The summed E-state index contributed by atoms with van der Waals surface area (Å²) < 4.78 is 23.6. The molecule has 1 aromatic heterocycles. The van der Waals surface area contributed by atoms with Gasteiger partial charge in [0.25, 0.3) is 0 Å². The largest absolute Gasteiger partial charge is 0.491 e. The highest BCUT2D eigenvalue weighted by Crippen LogP contribution is 2.33. The lowest BCUT2D eigenvalue weighted by Crippen LogP contribution is -2.54. The molecule has 0 N–H and O–H groups in total. The second-order valence-electron chi connectivity index (χ2n) is 7.21. The predicted molar refractivity (Wildman–Crippen MR) is 118 cm³/mol. The molecular formula is C24H26N2O5. The number of nitrogens with zero attached hydrogens (tertiary/aromatic N) is 2. The minimum Gasteiger partial charge on any atom is -0.491 e. The van der Waals surface area contributed by atoms with Gasteiger partial charge in [-0.25, -0.2) is 4.79 Å². The lowest BCUT2D eigenvalue weighted by atomic mass is 10.1. The van der Waals surface area contributed by atoms with E-state index >= 15 is 0 Å². The lowest BCUT2D eigenvalue weighted by molar-refractivity contribution is 0.0600. The second-order valence-corrected chi connectivity index (χ2v) is 7.21. The molecule has 0 spiro atoms. The van der Waals surface area contributed by atoms with E-state index in [9.17, 15) is 4.79 Å². The number of carbonyl (C=O) groups is 1. The van der Waals surface area contributed by atoms with Gasteiger partial charge in [-0.15, -0.1) is 0 Å². The Labute approximate surface area is 181 Å². The van der Waals surface area contributed by atoms with Gasteiger partial charge in [-0.2, -0.15) is 0 Å². The first-order valence-electron chi connectivity index (χ1n) is 10.2. The van der Waals surface area contributed by atoms with Crippen LogP contribution in [0.5, 0.6) is 11.5 Å². The van der Waals surface area contributed by atoms with Crippen molar-refractivity contribution in [3.05, 3.63) is 72.6 Å². The van der Waals surface area contributed by atoms with Crippen molar-refractivity contribution in [2.24, 2.45) is 0 Å². The van der Waals surface area contributed by atoms with E-state index in [-0.39, 0.29) is 12.1 Å². The molecule has 31 heavy (non-hydrogen) atoms. The molecule has 7 nitrogen and oxygen atoms in total. The van der Waals surface area contributed by atoms with E-state index in [1.165, 1.54) is 7.11 Å². The second kappa shape index (κ2) is 9.57. The van der Waals surface area contributed by atoms with Crippen molar-refractivity contribution in [3.63, 3.8) is 0 Å². The molecule has 0 amide bonds. The third kappa shape index (κ3) is 4.67. The highest BCUT2D eigenvalue weighted by molar-refractivity contribution is 5.96. The van der Waals surface area contributed by atoms with Crippen LogP contribution < -0.4 is 14.4 Å². The standard InChI is InChI=1S/C24H26N2O5/c1-28-14-15-30-18-8-10-19(11-9-18)31-20-16-26(17-20)22-7-5-6-21(24(27)29-2)23(22)25-12-3-4-13-25/h3-13,20H,14-17H2,1-2H3. The molecule has 4 rings (SSSR count). The SMILES string of the molecule is COCCOc1ccc(OC2CN(c3cccc(C(=O)OC)c3-n3cccc3)C2)cc1. The summed E-state index contributed by atoms with van der Waals surface area (Å²) in [7, 11) is 3.05. The summed E-state index contributed by atoms with van der Waals surface area (Å²) in [5.74, 6) is 1.24. The van der Waals surface area contributed by atoms with Crippen LogP contribution in [-0.4, -0.2) is 57.2 Å². The van der Waals surface area contributed by atoms with Gasteiger partial charge >= 0.3 is 5.97 Å². The monoisotopic (exact) mass is 422 g/mol. The van der Waals surface area contributed by atoms with Crippen LogP contribution in [0, 0.1) is 0 Å².